The Morgan fingerprint density at radius 3 is 2.71 bits per heavy atom. The number of aromatic nitrogens is 2. The Labute approximate surface area is 165 Å². The normalized spacial score (nSPS) is 23.4. The number of H-pyrrole nitrogens is 1. The Morgan fingerprint density at radius 1 is 1.29 bits per heavy atom. The number of hydrogen-bond acceptors (Lipinski definition) is 4. The molecule has 0 amide bonds. The third kappa shape index (κ3) is 3.67. The first-order chi connectivity index (χ1) is 13.6. The van der Waals surface area contributed by atoms with Crippen molar-refractivity contribution in [2.45, 2.75) is 38.6 Å². The van der Waals surface area contributed by atoms with Gasteiger partial charge in [-0.2, -0.15) is 0 Å². The molecular weight excluding hydrogens is 348 g/mol. The average molecular weight is 377 g/mol. The van der Waals surface area contributed by atoms with Crippen LogP contribution in [0.15, 0.2) is 48.7 Å². The van der Waals surface area contributed by atoms with Gasteiger partial charge in [-0.15, -0.1) is 0 Å². The van der Waals surface area contributed by atoms with Gasteiger partial charge in [0.05, 0.1) is 0 Å². The Bertz CT molecular complexity index is 940. The van der Waals surface area contributed by atoms with Crippen LogP contribution in [0, 0.1) is 11.3 Å². The highest BCUT2D eigenvalue weighted by molar-refractivity contribution is 5.93. The molecule has 0 unspecified atom stereocenters. The molecule has 2 aromatic heterocycles. The minimum atomic E-state index is -0.306. The number of aldehydes is 1. The van der Waals surface area contributed by atoms with Crippen LogP contribution >= 0.6 is 0 Å². The van der Waals surface area contributed by atoms with Crippen LogP contribution in [0.5, 0.6) is 0 Å². The Balaban J connectivity index is 1.53. The van der Waals surface area contributed by atoms with E-state index in [1.54, 1.807) is 6.20 Å². The number of carbonyl (C=O) groups is 1. The van der Waals surface area contributed by atoms with E-state index in [0.29, 0.717) is 12.5 Å². The lowest BCUT2D eigenvalue weighted by Crippen LogP contribution is -2.39. The SMILES string of the molecule is C[C@H](N)C1CCC(C=O)(CNc2ccnc3[nH]c(-c4ccccc4)cc23)CC1. The molecule has 1 fully saturated rings. The number of hydrogen-bond donors (Lipinski definition) is 3. The van der Waals surface area contributed by atoms with Gasteiger partial charge in [-0.3, -0.25) is 0 Å². The summed E-state index contributed by atoms with van der Waals surface area (Å²) in [6, 6.07) is 14.5. The van der Waals surface area contributed by atoms with E-state index in [9.17, 15) is 4.79 Å². The van der Waals surface area contributed by atoms with E-state index in [0.717, 1.165) is 59.9 Å². The van der Waals surface area contributed by atoms with E-state index in [-0.39, 0.29) is 11.5 Å². The van der Waals surface area contributed by atoms with E-state index in [4.69, 9.17) is 5.73 Å². The van der Waals surface area contributed by atoms with E-state index in [1.165, 1.54) is 0 Å². The Morgan fingerprint density at radius 2 is 2.04 bits per heavy atom. The van der Waals surface area contributed by atoms with Crippen LogP contribution in [0.3, 0.4) is 0 Å². The molecular formula is C23H28N4O. The minimum Gasteiger partial charge on any atom is -0.383 e. The van der Waals surface area contributed by atoms with E-state index in [2.05, 4.69) is 40.4 Å². The molecule has 0 aliphatic heterocycles. The largest absolute Gasteiger partial charge is 0.383 e. The number of benzene rings is 1. The third-order valence-corrected chi connectivity index (χ3v) is 6.27. The molecule has 3 aromatic rings. The smallest absolute Gasteiger partial charge is 0.139 e. The van der Waals surface area contributed by atoms with E-state index in [1.807, 2.05) is 24.3 Å². The summed E-state index contributed by atoms with van der Waals surface area (Å²) in [5, 5.41) is 4.58. The number of aromatic amines is 1. The monoisotopic (exact) mass is 376 g/mol. The van der Waals surface area contributed by atoms with Crippen LogP contribution in [0.2, 0.25) is 0 Å². The molecule has 0 radical (unpaired) electrons. The molecule has 4 rings (SSSR count). The number of fused-ring (bicyclic) bond motifs is 1. The zero-order chi connectivity index (χ0) is 19.6. The summed E-state index contributed by atoms with van der Waals surface area (Å²) in [6.07, 6.45) is 6.79. The van der Waals surface area contributed by atoms with Crippen LogP contribution in [-0.4, -0.2) is 28.8 Å². The fraction of sp³-hybridized carbons (Fsp3) is 0.391. The molecule has 4 N–H and O–H groups in total. The van der Waals surface area contributed by atoms with Crippen LogP contribution in [0.4, 0.5) is 5.69 Å². The lowest BCUT2D eigenvalue weighted by molar-refractivity contribution is -0.117. The number of nitrogens with zero attached hydrogens (tertiary/aromatic N) is 1. The molecule has 2 heterocycles. The molecule has 1 saturated carbocycles. The van der Waals surface area contributed by atoms with E-state index < -0.39 is 0 Å². The van der Waals surface area contributed by atoms with Crippen molar-refractivity contribution in [2.75, 3.05) is 11.9 Å². The Hall–Kier alpha value is -2.66. The van der Waals surface area contributed by atoms with Crippen molar-refractivity contribution in [1.29, 1.82) is 0 Å². The molecule has 0 bridgehead atoms. The highest BCUT2D eigenvalue weighted by atomic mass is 16.1. The van der Waals surface area contributed by atoms with Crippen molar-refractivity contribution in [3.63, 3.8) is 0 Å². The first-order valence-electron chi connectivity index (χ1n) is 10.1. The average Bonchev–Trinajstić information content (AvgIpc) is 3.18. The second-order valence-electron chi connectivity index (χ2n) is 8.20. The maximum absolute atomic E-state index is 11.9. The summed E-state index contributed by atoms with van der Waals surface area (Å²) in [6.45, 7) is 2.72. The third-order valence-electron chi connectivity index (χ3n) is 6.27. The zero-order valence-corrected chi connectivity index (χ0v) is 16.3. The number of anilines is 1. The topological polar surface area (TPSA) is 83.8 Å². The first-order valence-corrected chi connectivity index (χ1v) is 10.1. The molecule has 5 heteroatoms. The van der Waals surface area contributed by atoms with Crippen LogP contribution in [0.25, 0.3) is 22.3 Å². The Kier molecular flexibility index (Phi) is 5.18. The maximum atomic E-state index is 11.9. The molecule has 0 saturated heterocycles. The van der Waals surface area contributed by atoms with Gasteiger partial charge in [0.2, 0.25) is 0 Å². The van der Waals surface area contributed by atoms with Crippen molar-refractivity contribution in [2.24, 2.45) is 17.1 Å². The van der Waals surface area contributed by atoms with Crippen molar-refractivity contribution in [1.82, 2.24) is 9.97 Å². The summed E-state index contributed by atoms with van der Waals surface area (Å²) in [5.41, 5.74) is 9.79. The summed E-state index contributed by atoms with van der Waals surface area (Å²) in [7, 11) is 0. The molecule has 0 spiro atoms. The highest BCUT2D eigenvalue weighted by Gasteiger charge is 2.36. The highest BCUT2D eigenvalue weighted by Crippen LogP contribution is 2.39. The molecule has 146 valence electrons. The predicted octanol–water partition coefficient (Wildman–Crippen LogP) is 4.36. The van der Waals surface area contributed by atoms with Crippen LogP contribution in [0.1, 0.15) is 32.6 Å². The van der Waals surface area contributed by atoms with Gasteiger partial charge in [0.15, 0.2) is 0 Å². The molecule has 1 atom stereocenters. The zero-order valence-electron chi connectivity index (χ0n) is 16.3. The predicted molar refractivity (Wildman–Crippen MR) is 114 cm³/mol. The fourth-order valence-corrected chi connectivity index (χ4v) is 4.30. The summed E-state index contributed by atoms with van der Waals surface area (Å²) < 4.78 is 0. The van der Waals surface area contributed by atoms with Gasteiger partial charge in [0.1, 0.15) is 11.9 Å². The van der Waals surface area contributed by atoms with Gasteiger partial charge in [0.25, 0.3) is 0 Å². The lowest BCUT2D eigenvalue weighted by Gasteiger charge is -2.37. The van der Waals surface area contributed by atoms with Crippen molar-refractivity contribution < 1.29 is 4.79 Å². The molecule has 1 aliphatic rings. The van der Waals surface area contributed by atoms with Crippen molar-refractivity contribution in [3.8, 4) is 11.3 Å². The number of rotatable bonds is 6. The second-order valence-corrected chi connectivity index (χ2v) is 8.20. The van der Waals surface area contributed by atoms with Gasteiger partial charge in [-0.05, 0) is 56.2 Å². The quantitative estimate of drug-likeness (QED) is 0.558. The molecule has 28 heavy (non-hydrogen) atoms. The van der Waals surface area contributed by atoms with Crippen LogP contribution in [-0.2, 0) is 4.79 Å². The summed E-state index contributed by atoms with van der Waals surface area (Å²) >= 11 is 0. The minimum absolute atomic E-state index is 0.202. The van der Waals surface area contributed by atoms with Gasteiger partial charge in [0, 0.05) is 41.0 Å². The maximum Gasteiger partial charge on any atom is 0.139 e. The second kappa shape index (κ2) is 7.76. The van der Waals surface area contributed by atoms with Crippen molar-refractivity contribution >= 4 is 23.0 Å². The number of nitrogens with two attached hydrogens (primary N) is 1. The van der Waals surface area contributed by atoms with Crippen molar-refractivity contribution in [3.05, 3.63) is 48.7 Å². The van der Waals surface area contributed by atoms with E-state index >= 15 is 0 Å². The molecule has 1 aliphatic carbocycles. The molecule has 1 aromatic carbocycles. The molecule has 5 nitrogen and oxygen atoms in total. The summed E-state index contributed by atoms with van der Waals surface area (Å²) in [5.74, 6) is 0.527. The number of pyridine rings is 1. The fourth-order valence-electron chi connectivity index (χ4n) is 4.30. The van der Waals surface area contributed by atoms with Crippen LogP contribution < -0.4 is 11.1 Å². The van der Waals surface area contributed by atoms with Gasteiger partial charge < -0.3 is 20.8 Å². The first kappa shape index (κ1) is 18.7. The van der Waals surface area contributed by atoms with Gasteiger partial charge >= 0.3 is 0 Å². The number of nitrogens with one attached hydrogen (secondary N) is 2. The lowest BCUT2D eigenvalue weighted by atomic mass is 9.70. The number of carbonyl (C=O) groups excluding carboxylic acids is 1. The standard InChI is InChI=1S/C23H28N4O/c1-16(24)17-7-10-23(15-28,11-8-17)14-26-20-9-12-25-22-19(20)13-21(27-22)18-5-3-2-4-6-18/h2-6,9,12-13,15-17H,7-8,10-11,14,24H2,1H3,(H2,25,26,27)/t16-,17?,23?/m0/s1. The summed E-state index contributed by atoms with van der Waals surface area (Å²) in [4.78, 5) is 19.8. The van der Waals surface area contributed by atoms with Gasteiger partial charge in [-0.1, -0.05) is 30.3 Å². The van der Waals surface area contributed by atoms with Gasteiger partial charge in [-0.25, -0.2) is 4.98 Å².